The Morgan fingerprint density at radius 2 is 1.96 bits per heavy atom. The molecule has 1 N–H and O–H groups in total. The molecule has 0 bridgehead atoms. The fraction of sp³-hybridized carbons (Fsp3) is 0.389. The van der Waals surface area contributed by atoms with Crippen molar-refractivity contribution in [2.75, 3.05) is 19.0 Å². The highest BCUT2D eigenvalue weighted by Gasteiger charge is 2.09. The van der Waals surface area contributed by atoms with Gasteiger partial charge in [-0.05, 0) is 31.0 Å². The van der Waals surface area contributed by atoms with Crippen molar-refractivity contribution >= 4 is 11.6 Å². The van der Waals surface area contributed by atoms with Crippen molar-refractivity contribution in [2.24, 2.45) is 0 Å². The Labute approximate surface area is 137 Å². The minimum atomic E-state index is 0.0512. The van der Waals surface area contributed by atoms with E-state index in [9.17, 15) is 4.79 Å². The number of aromatic nitrogens is 2. The molecular formula is C18H24N4O. The molecule has 0 aliphatic carbocycles. The lowest BCUT2D eigenvalue weighted by Crippen LogP contribution is -2.34. The molecule has 0 fully saturated rings. The largest absolute Gasteiger partial charge is 0.378 e. The molecule has 5 nitrogen and oxygen atoms in total. The van der Waals surface area contributed by atoms with Crippen molar-refractivity contribution in [3.05, 3.63) is 54.1 Å². The summed E-state index contributed by atoms with van der Waals surface area (Å²) in [5.74, 6) is 0.0677. The predicted molar refractivity (Wildman–Crippen MR) is 92.4 cm³/mol. The lowest BCUT2D eigenvalue weighted by atomic mass is 10.1. The third kappa shape index (κ3) is 5.70. The van der Waals surface area contributed by atoms with Crippen LogP contribution in [0, 0.1) is 0 Å². The monoisotopic (exact) mass is 312 g/mol. The Bertz CT molecular complexity index is 611. The second-order valence-electron chi connectivity index (χ2n) is 5.93. The molecule has 1 atom stereocenters. The first-order chi connectivity index (χ1) is 11.0. The fourth-order valence-corrected chi connectivity index (χ4v) is 2.37. The summed E-state index contributed by atoms with van der Waals surface area (Å²) >= 11 is 0. The van der Waals surface area contributed by atoms with Gasteiger partial charge in [0.25, 0.3) is 0 Å². The van der Waals surface area contributed by atoms with E-state index >= 15 is 0 Å². The Hall–Kier alpha value is -2.43. The van der Waals surface area contributed by atoms with E-state index in [1.807, 2.05) is 21.0 Å². The van der Waals surface area contributed by atoms with E-state index in [0.717, 1.165) is 17.8 Å². The van der Waals surface area contributed by atoms with Crippen molar-refractivity contribution in [1.29, 1.82) is 0 Å². The van der Waals surface area contributed by atoms with Gasteiger partial charge in [-0.2, -0.15) is 0 Å². The van der Waals surface area contributed by atoms with Crippen molar-refractivity contribution in [1.82, 2.24) is 15.3 Å². The van der Waals surface area contributed by atoms with E-state index in [0.29, 0.717) is 12.8 Å². The van der Waals surface area contributed by atoms with Crippen molar-refractivity contribution in [3.8, 4) is 0 Å². The van der Waals surface area contributed by atoms with E-state index in [1.54, 1.807) is 18.6 Å². The zero-order chi connectivity index (χ0) is 16.7. The molecular weight excluding hydrogens is 288 g/mol. The molecule has 2 rings (SSSR count). The quantitative estimate of drug-likeness (QED) is 0.852. The number of hydrogen-bond donors (Lipinski definition) is 1. The second kappa shape index (κ2) is 8.27. The number of carbonyl (C=O) groups excluding carboxylic acids is 1. The molecule has 0 radical (unpaired) electrons. The molecule has 2 aromatic rings. The average molecular weight is 312 g/mol. The minimum Gasteiger partial charge on any atom is -0.378 e. The lowest BCUT2D eigenvalue weighted by molar-refractivity contribution is -0.121. The van der Waals surface area contributed by atoms with Crippen LogP contribution in [0.15, 0.2) is 42.9 Å². The summed E-state index contributed by atoms with van der Waals surface area (Å²) in [6, 6.07) is 8.35. The van der Waals surface area contributed by atoms with Crippen LogP contribution in [-0.2, 0) is 17.6 Å². The summed E-state index contributed by atoms with van der Waals surface area (Å²) in [7, 11) is 4.03. The van der Waals surface area contributed by atoms with Gasteiger partial charge in [-0.25, -0.2) is 0 Å². The SMILES string of the molecule is C[C@H](Cc1cnccn1)NC(=O)CCc1ccc(N(C)C)cc1. The molecule has 5 heteroatoms. The fourth-order valence-electron chi connectivity index (χ4n) is 2.37. The maximum atomic E-state index is 12.0. The van der Waals surface area contributed by atoms with Crippen molar-refractivity contribution in [3.63, 3.8) is 0 Å². The summed E-state index contributed by atoms with van der Waals surface area (Å²) in [5, 5.41) is 3.01. The van der Waals surface area contributed by atoms with Crippen molar-refractivity contribution < 1.29 is 4.79 Å². The van der Waals surface area contributed by atoms with Crippen LogP contribution in [0.2, 0.25) is 0 Å². The first-order valence-corrected chi connectivity index (χ1v) is 7.85. The van der Waals surface area contributed by atoms with E-state index < -0.39 is 0 Å². The van der Waals surface area contributed by atoms with Crippen LogP contribution < -0.4 is 10.2 Å². The van der Waals surface area contributed by atoms with Crippen LogP contribution in [0.25, 0.3) is 0 Å². The smallest absolute Gasteiger partial charge is 0.220 e. The molecule has 0 saturated carbocycles. The van der Waals surface area contributed by atoms with Crippen LogP contribution in [-0.4, -0.2) is 36.0 Å². The molecule has 0 saturated heterocycles. The summed E-state index contributed by atoms with van der Waals surface area (Å²) in [5.41, 5.74) is 3.22. The van der Waals surface area contributed by atoms with Gasteiger partial charge >= 0.3 is 0 Å². The number of carbonyl (C=O) groups is 1. The van der Waals surface area contributed by atoms with Gasteiger partial charge in [-0.15, -0.1) is 0 Å². The Morgan fingerprint density at radius 3 is 2.57 bits per heavy atom. The third-order valence-corrected chi connectivity index (χ3v) is 3.63. The van der Waals surface area contributed by atoms with Crippen molar-refractivity contribution in [2.45, 2.75) is 32.2 Å². The van der Waals surface area contributed by atoms with Crippen LogP contribution >= 0.6 is 0 Å². The summed E-state index contributed by atoms with van der Waals surface area (Å²) in [6.45, 7) is 1.98. The number of anilines is 1. The van der Waals surface area contributed by atoms with E-state index in [-0.39, 0.29) is 11.9 Å². The van der Waals surface area contributed by atoms with Gasteiger partial charge in [0.05, 0.1) is 5.69 Å². The van der Waals surface area contributed by atoms with Crippen LogP contribution in [0.3, 0.4) is 0 Å². The van der Waals surface area contributed by atoms with Gasteiger partial charge in [-0.3, -0.25) is 14.8 Å². The van der Waals surface area contributed by atoms with E-state index in [1.165, 1.54) is 5.56 Å². The molecule has 1 aromatic carbocycles. The number of hydrogen-bond acceptors (Lipinski definition) is 4. The molecule has 122 valence electrons. The minimum absolute atomic E-state index is 0.0512. The predicted octanol–water partition coefficient (Wildman–Crippen LogP) is 2.22. The first kappa shape index (κ1) is 16.9. The number of nitrogens with one attached hydrogen (secondary N) is 1. The van der Waals surface area contributed by atoms with Crippen LogP contribution in [0.5, 0.6) is 0 Å². The zero-order valence-corrected chi connectivity index (χ0v) is 14.0. The maximum Gasteiger partial charge on any atom is 0.220 e. The number of nitrogens with zero attached hydrogens (tertiary/aromatic N) is 3. The normalized spacial score (nSPS) is 11.8. The van der Waals surface area contributed by atoms with E-state index in [2.05, 4.69) is 44.5 Å². The van der Waals surface area contributed by atoms with Gasteiger partial charge in [0.15, 0.2) is 0 Å². The van der Waals surface area contributed by atoms with Crippen LogP contribution in [0.1, 0.15) is 24.6 Å². The summed E-state index contributed by atoms with van der Waals surface area (Å²) in [6.07, 6.45) is 6.98. The molecule has 0 spiro atoms. The summed E-state index contributed by atoms with van der Waals surface area (Å²) in [4.78, 5) is 22.4. The molecule has 1 aromatic heterocycles. The molecule has 0 unspecified atom stereocenters. The topological polar surface area (TPSA) is 58.1 Å². The average Bonchev–Trinajstić information content (AvgIpc) is 2.54. The highest BCUT2D eigenvalue weighted by atomic mass is 16.1. The molecule has 1 amide bonds. The van der Waals surface area contributed by atoms with Gasteiger partial charge < -0.3 is 10.2 Å². The van der Waals surface area contributed by atoms with E-state index in [4.69, 9.17) is 0 Å². The maximum absolute atomic E-state index is 12.0. The lowest BCUT2D eigenvalue weighted by Gasteiger charge is -2.14. The molecule has 0 aliphatic rings. The number of aryl methyl sites for hydroxylation is 1. The Kier molecular flexibility index (Phi) is 6.09. The third-order valence-electron chi connectivity index (χ3n) is 3.63. The summed E-state index contributed by atoms with van der Waals surface area (Å²) < 4.78 is 0. The highest BCUT2D eigenvalue weighted by Crippen LogP contribution is 2.13. The Balaban J connectivity index is 1.76. The van der Waals surface area contributed by atoms with Gasteiger partial charge in [0.2, 0.25) is 5.91 Å². The van der Waals surface area contributed by atoms with Gasteiger partial charge in [0.1, 0.15) is 0 Å². The molecule has 1 heterocycles. The van der Waals surface area contributed by atoms with Gasteiger partial charge in [-0.1, -0.05) is 12.1 Å². The molecule has 23 heavy (non-hydrogen) atoms. The second-order valence-corrected chi connectivity index (χ2v) is 5.93. The number of rotatable bonds is 7. The first-order valence-electron chi connectivity index (χ1n) is 7.85. The van der Waals surface area contributed by atoms with Gasteiger partial charge in [0, 0.05) is 57.3 Å². The van der Waals surface area contributed by atoms with Crippen LogP contribution in [0.4, 0.5) is 5.69 Å². The highest BCUT2D eigenvalue weighted by molar-refractivity contribution is 5.76. The molecule has 0 aliphatic heterocycles. The Morgan fingerprint density at radius 1 is 1.22 bits per heavy atom. The number of benzene rings is 1. The standard InChI is InChI=1S/C18H24N4O/c1-14(12-16-13-19-10-11-20-16)21-18(23)9-6-15-4-7-17(8-5-15)22(2)3/h4-5,7-8,10-11,13-14H,6,9,12H2,1-3H3,(H,21,23)/t14-/m1/s1. The zero-order valence-electron chi connectivity index (χ0n) is 14.0. The number of amides is 1.